The molecule has 1 amide bonds. The number of hydrogen-bond donors (Lipinski definition) is 0. The summed E-state index contributed by atoms with van der Waals surface area (Å²) in [5.41, 5.74) is 3.08. The van der Waals surface area contributed by atoms with Gasteiger partial charge in [-0.1, -0.05) is 59.9 Å². The van der Waals surface area contributed by atoms with Gasteiger partial charge in [0.2, 0.25) is 0 Å². The average molecular weight is 486 g/mol. The molecule has 33 heavy (non-hydrogen) atoms. The molecule has 3 rings (SSSR count). The fraction of sp³-hybridized carbons (Fsp3) is 0.320. The first kappa shape index (κ1) is 24.8. The molecule has 1 heterocycles. The van der Waals surface area contributed by atoms with E-state index in [0.29, 0.717) is 46.9 Å². The molecule has 174 valence electrons. The van der Waals surface area contributed by atoms with Crippen molar-refractivity contribution in [2.45, 2.75) is 33.3 Å². The van der Waals surface area contributed by atoms with Gasteiger partial charge < -0.3 is 14.2 Å². The van der Waals surface area contributed by atoms with Crippen molar-refractivity contribution in [3.05, 3.63) is 64.1 Å². The van der Waals surface area contributed by atoms with Crippen LogP contribution < -0.4 is 9.47 Å². The van der Waals surface area contributed by atoms with E-state index < -0.39 is 0 Å². The lowest BCUT2D eigenvalue weighted by Gasteiger charge is -2.14. The van der Waals surface area contributed by atoms with E-state index in [1.54, 1.807) is 6.08 Å². The molecule has 8 heteroatoms. The van der Waals surface area contributed by atoms with Crippen molar-refractivity contribution in [1.82, 2.24) is 4.90 Å². The smallest absolute Gasteiger partial charge is 0.305 e. The molecule has 0 spiro atoms. The van der Waals surface area contributed by atoms with Crippen molar-refractivity contribution < 1.29 is 23.8 Å². The number of esters is 1. The van der Waals surface area contributed by atoms with E-state index in [4.69, 9.17) is 21.7 Å². The number of thioether (sulfide) groups is 1. The van der Waals surface area contributed by atoms with Gasteiger partial charge in [-0.3, -0.25) is 14.5 Å². The van der Waals surface area contributed by atoms with Gasteiger partial charge in [-0.2, -0.15) is 0 Å². The minimum atomic E-state index is -0.302. The number of thiocarbonyl (C=S) groups is 1. The summed E-state index contributed by atoms with van der Waals surface area (Å²) in [4.78, 5) is 26.2. The Kier molecular flexibility index (Phi) is 8.91. The Hall–Kier alpha value is -2.84. The summed E-state index contributed by atoms with van der Waals surface area (Å²) in [6, 6.07) is 13.8. The highest BCUT2D eigenvalue weighted by Crippen LogP contribution is 2.35. The number of carbonyl (C=O) groups is 2. The van der Waals surface area contributed by atoms with Crippen molar-refractivity contribution in [1.29, 1.82) is 0 Å². The lowest BCUT2D eigenvalue weighted by Crippen LogP contribution is -2.29. The molecule has 1 fully saturated rings. The van der Waals surface area contributed by atoms with Crippen molar-refractivity contribution in [2.24, 2.45) is 0 Å². The summed E-state index contributed by atoms with van der Waals surface area (Å²) >= 11 is 6.62. The zero-order valence-corrected chi connectivity index (χ0v) is 20.6. The number of amides is 1. The molecule has 1 aliphatic rings. The van der Waals surface area contributed by atoms with Gasteiger partial charge in [0.15, 0.2) is 11.5 Å². The molecule has 0 unspecified atom stereocenters. The predicted molar refractivity (Wildman–Crippen MR) is 134 cm³/mol. The van der Waals surface area contributed by atoms with E-state index in [0.717, 1.165) is 11.1 Å². The molecule has 1 aliphatic heterocycles. The van der Waals surface area contributed by atoms with Crippen LogP contribution in [0.4, 0.5) is 0 Å². The van der Waals surface area contributed by atoms with E-state index in [-0.39, 0.29) is 18.3 Å². The van der Waals surface area contributed by atoms with Crippen molar-refractivity contribution in [2.75, 3.05) is 20.3 Å². The number of hydrogen-bond acceptors (Lipinski definition) is 7. The van der Waals surface area contributed by atoms with Crippen LogP contribution in [0.3, 0.4) is 0 Å². The lowest BCUT2D eigenvalue weighted by atomic mass is 10.1. The van der Waals surface area contributed by atoms with Gasteiger partial charge in [0, 0.05) is 13.0 Å². The van der Waals surface area contributed by atoms with Gasteiger partial charge in [0.25, 0.3) is 5.91 Å². The summed E-state index contributed by atoms with van der Waals surface area (Å²) in [6.45, 7) is 5.27. The minimum absolute atomic E-state index is 0.160. The Bertz CT molecular complexity index is 1070. The summed E-state index contributed by atoms with van der Waals surface area (Å²) < 4.78 is 16.9. The van der Waals surface area contributed by atoms with E-state index in [1.165, 1.54) is 29.3 Å². The quantitative estimate of drug-likeness (QED) is 0.263. The number of aryl methyl sites for hydroxylation is 1. The molecule has 2 aromatic rings. The number of methoxy groups -OCH3 is 1. The summed E-state index contributed by atoms with van der Waals surface area (Å²) in [5.74, 6) is 0.801. The molecule has 6 nitrogen and oxygen atoms in total. The molecule has 0 saturated carbocycles. The van der Waals surface area contributed by atoms with Crippen molar-refractivity contribution >= 4 is 46.3 Å². The first-order chi connectivity index (χ1) is 15.9. The molecule has 2 aromatic carbocycles. The lowest BCUT2D eigenvalue weighted by molar-refractivity contribution is -0.141. The fourth-order valence-electron chi connectivity index (χ4n) is 3.29. The molecule has 0 radical (unpaired) electrons. The molecule has 0 bridgehead atoms. The number of carbonyl (C=O) groups excluding carboxylic acids is 2. The summed E-state index contributed by atoms with van der Waals surface area (Å²) in [6.07, 6.45) is 2.54. The second kappa shape index (κ2) is 11.9. The van der Waals surface area contributed by atoms with Gasteiger partial charge in [-0.15, -0.1) is 0 Å². The van der Waals surface area contributed by atoms with Gasteiger partial charge in [0.1, 0.15) is 10.9 Å². The van der Waals surface area contributed by atoms with Crippen LogP contribution in [0.1, 0.15) is 36.5 Å². The van der Waals surface area contributed by atoms with E-state index in [2.05, 4.69) is 10.8 Å². The normalized spacial score (nSPS) is 14.6. The summed E-state index contributed by atoms with van der Waals surface area (Å²) in [7, 11) is 1.35. The van der Waals surface area contributed by atoms with Crippen LogP contribution in [0.15, 0.2) is 47.4 Å². The first-order valence-electron chi connectivity index (χ1n) is 10.7. The number of nitrogens with zero attached hydrogens (tertiary/aromatic N) is 1. The van der Waals surface area contributed by atoms with Crippen LogP contribution in [0.25, 0.3) is 6.08 Å². The van der Waals surface area contributed by atoms with Crippen LogP contribution in [0, 0.1) is 6.92 Å². The third-order valence-corrected chi connectivity index (χ3v) is 6.28. The molecule has 1 saturated heterocycles. The van der Waals surface area contributed by atoms with Crippen molar-refractivity contribution in [3.8, 4) is 11.5 Å². The number of benzene rings is 2. The molecular formula is C25H27NO5S2. The molecule has 0 aromatic heterocycles. The van der Waals surface area contributed by atoms with Gasteiger partial charge in [0.05, 0.1) is 18.6 Å². The highest BCUT2D eigenvalue weighted by Gasteiger charge is 2.31. The molecule has 0 N–H and O–H groups in total. The van der Waals surface area contributed by atoms with Gasteiger partial charge in [-0.05, 0) is 49.6 Å². The maximum Gasteiger partial charge on any atom is 0.305 e. The van der Waals surface area contributed by atoms with Crippen LogP contribution in [0.5, 0.6) is 11.5 Å². The SMILES string of the molecule is CCOc1cc(/C=C2/SC(=S)N(CCCC(=O)OC)C2=O)ccc1OCc1cccc(C)c1. The average Bonchev–Trinajstić information content (AvgIpc) is 3.06. The topological polar surface area (TPSA) is 65.1 Å². The Morgan fingerprint density at radius 3 is 2.70 bits per heavy atom. The monoisotopic (exact) mass is 485 g/mol. The maximum absolute atomic E-state index is 12.8. The molecule has 0 atom stereocenters. The second-order valence-corrected chi connectivity index (χ2v) is 9.11. The Morgan fingerprint density at radius 2 is 1.97 bits per heavy atom. The minimum Gasteiger partial charge on any atom is -0.490 e. The van der Waals surface area contributed by atoms with E-state index in [1.807, 2.05) is 50.2 Å². The van der Waals surface area contributed by atoms with Gasteiger partial charge in [-0.25, -0.2) is 0 Å². The highest BCUT2D eigenvalue weighted by molar-refractivity contribution is 8.26. The third kappa shape index (κ3) is 6.82. The largest absolute Gasteiger partial charge is 0.490 e. The van der Waals surface area contributed by atoms with Crippen LogP contribution >= 0.6 is 24.0 Å². The zero-order valence-electron chi connectivity index (χ0n) is 19.0. The van der Waals surface area contributed by atoms with E-state index in [9.17, 15) is 9.59 Å². The second-order valence-electron chi connectivity index (χ2n) is 7.43. The molecular weight excluding hydrogens is 458 g/mol. The molecule has 0 aliphatic carbocycles. The van der Waals surface area contributed by atoms with Gasteiger partial charge >= 0.3 is 5.97 Å². The Labute approximate surface area is 203 Å². The summed E-state index contributed by atoms with van der Waals surface area (Å²) in [5, 5.41) is 0. The van der Waals surface area contributed by atoms with Crippen LogP contribution in [-0.4, -0.2) is 41.4 Å². The highest BCUT2D eigenvalue weighted by atomic mass is 32.2. The maximum atomic E-state index is 12.8. The Balaban J connectivity index is 1.71. The Morgan fingerprint density at radius 1 is 1.15 bits per heavy atom. The standard InChI is InChI=1S/C25H27NO5S2/c1-4-30-21-14-18(10-11-20(21)31-16-19-8-5-7-17(2)13-19)15-22-24(28)26(25(32)33-22)12-6-9-23(27)29-3/h5,7-8,10-11,13-15H,4,6,9,12,16H2,1-3H3/b22-15+. The fourth-order valence-corrected chi connectivity index (χ4v) is 4.60. The predicted octanol–water partition coefficient (Wildman–Crippen LogP) is 5.13. The van der Waals surface area contributed by atoms with E-state index >= 15 is 0 Å². The first-order valence-corrected chi connectivity index (χ1v) is 11.9. The number of ether oxygens (including phenoxy) is 3. The van der Waals surface area contributed by atoms with Crippen LogP contribution in [-0.2, 0) is 20.9 Å². The van der Waals surface area contributed by atoms with Crippen molar-refractivity contribution in [3.63, 3.8) is 0 Å². The third-order valence-electron chi connectivity index (χ3n) is 4.91. The van der Waals surface area contributed by atoms with Crippen LogP contribution in [0.2, 0.25) is 0 Å². The number of rotatable bonds is 10. The zero-order chi connectivity index (χ0) is 23.8.